The number of hydrogen-bond donors (Lipinski definition) is 2. The molecule has 0 aliphatic rings. The highest BCUT2D eigenvalue weighted by Crippen LogP contribution is 2.34. The molecular formula is C13H9ClN2O4. The van der Waals surface area contributed by atoms with E-state index in [2.05, 4.69) is 10.1 Å². The predicted octanol–water partition coefficient (Wildman–Crippen LogP) is 3.39. The third kappa shape index (κ3) is 2.21. The Labute approximate surface area is 118 Å². The Morgan fingerprint density at radius 3 is 2.55 bits per heavy atom. The molecule has 2 N–H and O–H groups in total. The van der Waals surface area contributed by atoms with Gasteiger partial charge in [0.15, 0.2) is 5.58 Å². The summed E-state index contributed by atoms with van der Waals surface area (Å²) in [7, 11) is 0. The molecule has 0 fully saturated rings. The molecule has 1 aromatic carbocycles. The van der Waals surface area contributed by atoms with E-state index in [9.17, 15) is 10.2 Å². The molecule has 0 unspecified atom stereocenters. The monoisotopic (exact) mass is 292 g/mol. The van der Waals surface area contributed by atoms with Gasteiger partial charge in [0.25, 0.3) is 0 Å². The lowest BCUT2D eigenvalue weighted by atomic mass is 10.2. The summed E-state index contributed by atoms with van der Waals surface area (Å²) in [5.74, 6) is 0.163. The number of halogens is 1. The van der Waals surface area contributed by atoms with Crippen LogP contribution in [-0.4, -0.2) is 20.4 Å². The molecule has 20 heavy (non-hydrogen) atoms. The van der Waals surface area contributed by atoms with Gasteiger partial charge in [0, 0.05) is 24.3 Å². The van der Waals surface area contributed by atoms with Crippen LogP contribution in [0.1, 0.15) is 5.69 Å². The maximum Gasteiger partial charge on any atom is 0.233 e. The molecule has 0 radical (unpaired) electrons. The van der Waals surface area contributed by atoms with Crippen molar-refractivity contribution in [3.8, 4) is 23.1 Å². The van der Waals surface area contributed by atoms with Gasteiger partial charge in [-0.1, -0.05) is 16.8 Å². The van der Waals surface area contributed by atoms with Crippen molar-refractivity contribution in [3.05, 3.63) is 35.1 Å². The largest absolute Gasteiger partial charge is 0.508 e. The topological polar surface area (TPSA) is 88.6 Å². The summed E-state index contributed by atoms with van der Waals surface area (Å²) in [6.45, 7) is 1.74. The zero-order valence-electron chi connectivity index (χ0n) is 10.3. The first-order chi connectivity index (χ1) is 9.52. The number of phenols is 2. The molecule has 7 heteroatoms. The van der Waals surface area contributed by atoms with Crippen molar-refractivity contribution in [1.82, 2.24) is 10.1 Å². The normalized spacial score (nSPS) is 10.9. The highest BCUT2D eigenvalue weighted by atomic mass is 35.5. The molecule has 0 atom stereocenters. The van der Waals surface area contributed by atoms with Gasteiger partial charge in [0.1, 0.15) is 27.8 Å². The van der Waals surface area contributed by atoms with Crippen molar-refractivity contribution in [2.24, 2.45) is 0 Å². The lowest BCUT2D eigenvalue weighted by Crippen LogP contribution is -1.90. The smallest absolute Gasteiger partial charge is 0.233 e. The van der Waals surface area contributed by atoms with Gasteiger partial charge in [-0.3, -0.25) is 0 Å². The van der Waals surface area contributed by atoms with Crippen LogP contribution in [0.4, 0.5) is 0 Å². The second kappa shape index (κ2) is 4.57. The van der Waals surface area contributed by atoms with E-state index in [0.717, 1.165) is 0 Å². The van der Waals surface area contributed by atoms with Crippen LogP contribution in [0.25, 0.3) is 11.0 Å². The van der Waals surface area contributed by atoms with Crippen molar-refractivity contribution in [2.45, 2.75) is 6.92 Å². The molecule has 0 aliphatic heterocycles. The number of ether oxygens (including phenoxy) is 1. The van der Waals surface area contributed by atoms with Crippen LogP contribution in [0.15, 0.2) is 28.8 Å². The van der Waals surface area contributed by atoms with E-state index in [1.54, 1.807) is 6.92 Å². The molecule has 3 rings (SSSR count). The van der Waals surface area contributed by atoms with Gasteiger partial charge in [-0.25, -0.2) is 4.98 Å². The molecule has 2 aromatic heterocycles. The maximum atomic E-state index is 9.44. The van der Waals surface area contributed by atoms with Gasteiger partial charge in [-0.05, 0) is 6.92 Å². The fraction of sp³-hybridized carbons (Fsp3) is 0.0769. The van der Waals surface area contributed by atoms with E-state index in [-0.39, 0.29) is 28.3 Å². The molecular weight excluding hydrogens is 284 g/mol. The van der Waals surface area contributed by atoms with Crippen LogP contribution in [-0.2, 0) is 0 Å². The fourth-order valence-electron chi connectivity index (χ4n) is 1.85. The molecule has 102 valence electrons. The van der Waals surface area contributed by atoms with E-state index in [4.69, 9.17) is 20.9 Å². The average molecular weight is 293 g/mol. The molecule has 2 heterocycles. The Balaban J connectivity index is 2.12. The third-order valence-electron chi connectivity index (χ3n) is 2.65. The van der Waals surface area contributed by atoms with Gasteiger partial charge < -0.3 is 19.5 Å². The second-order valence-electron chi connectivity index (χ2n) is 4.18. The SMILES string of the molecule is Cc1noc2cc(Cl)nc(Oc3cc(O)cc(O)c3)c12. The Morgan fingerprint density at radius 1 is 1.15 bits per heavy atom. The second-order valence-corrected chi connectivity index (χ2v) is 4.57. The van der Waals surface area contributed by atoms with Crippen molar-refractivity contribution in [1.29, 1.82) is 0 Å². The van der Waals surface area contributed by atoms with E-state index in [0.29, 0.717) is 16.7 Å². The van der Waals surface area contributed by atoms with Crippen LogP contribution >= 0.6 is 11.6 Å². The molecule has 0 saturated heterocycles. The summed E-state index contributed by atoms with van der Waals surface area (Å²) >= 11 is 5.88. The molecule has 0 amide bonds. The predicted molar refractivity (Wildman–Crippen MR) is 71.4 cm³/mol. The number of hydrogen-bond acceptors (Lipinski definition) is 6. The standard InChI is InChI=1S/C13H9ClN2O4/c1-6-12-10(20-16-6)5-11(14)15-13(12)19-9-3-7(17)2-8(18)4-9/h2-5,17-18H,1H3. The number of rotatable bonds is 2. The summed E-state index contributed by atoms with van der Waals surface area (Å²) in [6, 6.07) is 5.41. The number of aromatic nitrogens is 2. The van der Waals surface area contributed by atoms with E-state index >= 15 is 0 Å². The van der Waals surface area contributed by atoms with Gasteiger partial charge in [-0.15, -0.1) is 0 Å². The quantitative estimate of drug-likeness (QED) is 0.704. The Kier molecular flexibility index (Phi) is 2.87. The minimum atomic E-state index is -0.125. The van der Waals surface area contributed by atoms with E-state index in [1.807, 2.05) is 0 Å². The van der Waals surface area contributed by atoms with E-state index in [1.165, 1.54) is 24.3 Å². The van der Waals surface area contributed by atoms with Crippen molar-refractivity contribution in [2.75, 3.05) is 0 Å². The Hall–Kier alpha value is -2.47. The molecule has 0 spiro atoms. The van der Waals surface area contributed by atoms with Crippen LogP contribution in [0, 0.1) is 6.92 Å². The Morgan fingerprint density at radius 2 is 1.85 bits per heavy atom. The molecule has 0 aliphatic carbocycles. The molecule has 3 aromatic rings. The van der Waals surface area contributed by atoms with Crippen LogP contribution < -0.4 is 4.74 Å². The van der Waals surface area contributed by atoms with Crippen molar-refractivity contribution >= 4 is 22.6 Å². The first kappa shape index (κ1) is 12.6. The lowest BCUT2D eigenvalue weighted by Gasteiger charge is -2.07. The molecule has 0 bridgehead atoms. The number of nitrogens with zero attached hydrogens (tertiary/aromatic N) is 2. The van der Waals surface area contributed by atoms with Crippen molar-refractivity contribution in [3.63, 3.8) is 0 Å². The zero-order chi connectivity index (χ0) is 14.3. The van der Waals surface area contributed by atoms with Crippen LogP contribution in [0.3, 0.4) is 0 Å². The molecule has 6 nitrogen and oxygen atoms in total. The Bertz CT molecular complexity index is 780. The first-order valence-corrected chi connectivity index (χ1v) is 6.04. The fourth-order valence-corrected chi connectivity index (χ4v) is 2.03. The first-order valence-electron chi connectivity index (χ1n) is 5.66. The number of benzene rings is 1. The third-order valence-corrected chi connectivity index (χ3v) is 2.85. The van der Waals surface area contributed by atoms with Gasteiger partial charge in [0.05, 0.1) is 5.69 Å². The summed E-state index contributed by atoms with van der Waals surface area (Å²) < 4.78 is 10.7. The highest BCUT2D eigenvalue weighted by Gasteiger charge is 2.15. The number of pyridine rings is 1. The van der Waals surface area contributed by atoms with E-state index < -0.39 is 0 Å². The summed E-state index contributed by atoms with van der Waals surface area (Å²) in [4.78, 5) is 4.07. The average Bonchev–Trinajstić information content (AvgIpc) is 2.69. The number of fused-ring (bicyclic) bond motifs is 1. The van der Waals surface area contributed by atoms with Crippen molar-refractivity contribution < 1.29 is 19.5 Å². The summed E-state index contributed by atoms with van der Waals surface area (Å²) in [5, 5.41) is 23.5. The number of aromatic hydroxyl groups is 2. The summed E-state index contributed by atoms with van der Waals surface area (Å²) in [5.41, 5.74) is 1.05. The zero-order valence-corrected chi connectivity index (χ0v) is 11.0. The van der Waals surface area contributed by atoms with Gasteiger partial charge in [-0.2, -0.15) is 0 Å². The highest BCUT2D eigenvalue weighted by molar-refractivity contribution is 6.30. The lowest BCUT2D eigenvalue weighted by molar-refractivity contribution is 0.428. The maximum absolute atomic E-state index is 9.44. The van der Waals surface area contributed by atoms with Gasteiger partial charge in [0.2, 0.25) is 5.88 Å². The number of aryl methyl sites for hydroxylation is 1. The van der Waals surface area contributed by atoms with Gasteiger partial charge >= 0.3 is 0 Å². The summed E-state index contributed by atoms with van der Waals surface area (Å²) in [6.07, 6.45) is 0. The minimum absolute atomic E-state index is 0.125. The number of phenolic OH excluding ortho intramolecular Hbond substituents is 2. The van der Waals surface area contributed by atoms with Crippen LogP contribution in [0.2, 0.25) is 5.15 Å². The molecule has 0 saturated carbocycles. The minimum Gasteiger partial charge on any atom is -0.508 e. The van der Waals surface area contributed by atoms with Crippen LogP contribution in [0.5, 0.6) is 23.1 Å².